The second kappa shape index (κ2) is 6.33. The average Bonchev–Trinajstić information content (AvgIpc) is 2.60. The molecule has 0 aliphatic rings. The first kappa shape index (κ1) is 12.5. The molecular weight excluding hydrogens is 339 g/mol. The van der Waals surface area contributed by atoms with E-state index in [-0.39, 0.29) is 5.56 Å². The van der Waals surface area contributed by atoms with Crippen LogP contribution in [0.5, 0.6) is 0 Å². The Bertz CT molecular complexity index is 913. The summed E-state index contributed by atoms with van der Waals surface area (Å²) in [6.45, 7) is -2.20. The third kappa shape index (κ3) is 3.56. The second-order valence-electron chi connectivity index (χ2n) is 6.81. The standard InChI is InChI=1S/C21H23GeN/c1-16-15-23-21(14-20(16)17-9-6-5-7-10-17)18-11-8-12-19(13-18)22(2,3)4/h5-15H,1-4H3/i1D3. The van der Waals surface area contributed by atoms with Crippen LogP contribution in [0.15, 0.2) is 66.9 Å². The van der Waals surface area contributed by atoms with Crippen molar-refractivity contribution in [2.24, 2.45) is 0 Å². The van der Waals surface area contributed by atoms with Crippen molar-refractivity contribution in [3.05, 3.63) is 72.4 Å². The van der Waals surface area contributed by atoms with Crippen LogP contribution in [-0.2, 0) is 0 Å². The molecule has 1 heterocycles. The van der Waals surface area contributed by atoms with Crippen molar-refractivity contribution in [1.82, 2.24) is 4.98 Å². The van der Waals surface area contributed by atoms with Crippen molar-refractivity contribution in [3.8, 4) is 22.4 Å². The van der Waals surface area contributed by atoms with Crippen LogP contribution in [-0.4, -0.2) is 18.3 Å². The molecule has 1 nitrogen and oxygen atoms in total. The molecule has 0 saturated carbocycles. The van der Waals surface area contributed by atoms with E-state index < -0.39 is 20.1 Å². The zero-order valence-electron chi connectivity index (χ0n) is 16.8. The third-order valence-electron chi connectivity index (χ3n) is 4.01. The van der Waals surface area contributed by atoms with Crippen LogP contribution < -0.4 is 4.40 Å². The number of aryl methyl sites for hydroxylation is 1. The molecule has 2 heteroatoms. The molecular formula is C21H23GeN. The summed E-state index contributed by atoms with van der Waals surface area (Å²) in [5.74, 6) is 7.08. The van der Waals surface area contributed by atoms with E-state index >= 15 is 0 Å². The Morgan fingerprint density at radius 3 is 2.30 bits per heavy atom. The third-order valence-corrected chi connectivity index (χ3v) is 8.30. The van der Waals surface area contributed by atoms with Crippen LogP contribution in [0.2, 0.25) is 17.3 Å². The van der Waals surface area contributed by atoms with E-state index in [2.05, 4.69) is 40.5 Å². The minimum atomic E-state index is -2.20. The molecule has 0 saturated heterocycles. The first-order chi connectivity index (χ1) is 12.2. The molecule has 116 valence electrons. The summed E-state index contributed by atoms with van der Waals surface area (Å²) in [5.41, 5.74) is 3.75. The van der Waals surface area contributed by atoms with E-state index in [9.17, 15) is 0 Å². The number of nitrogens with zero attached hydrogens (tertiary/aromatic N) is 1. The molecule has 0 radical (unpaired) electrons. The van der Waals surface area contributed by atoms with E-state index in [1.54, 1.807) is 0 Å². The zero-order chi connectivity index (χ0) is 18.9. The Morgan fingerprint density at radius 2 is 1.61 bits per heavy atom. The molecule has 3 rings (SSSR count). The maximum absolute atomic E-state index is 7.85. The molecule has 0 unspecified atom stereocenters. The topological polar surface area (TPSA) is 12.9 Å². The maximum atomic E-state index is 7.85. The molecule has 1 aromatic heterocycles. The molecule has 0 fully saturated rings. The van der Waals surface area contributed by atoms with Gasteiger partial charge in [-0.1, -0.05) is 0 Å². The van der Waals surface area contributed by atoms with Gasteiger partial charge in [-0.25, -0.2) is 0 Å². The molecule has 3 aromatic rings. The van der Waals surface area contributed by atoms with E-state index in [0.29, 0.717) is 0 Å². The van der Waals surface area contributed by atoms with Crippen LogP contribution in [0.1, 0.15) is 9.68 Å². The van der Waals surface area contributed by atoms with E-state index in [0.717, 1.165) is 22.4 Å². The second-order valence-corrected chi connectivity index (χ2v) is 17.5. The Labute approximate surface area is 146 Å². The van der Waals surface area contributed by atoms with Gasteiger partial charge in [-0.2, -0.15) is 0 Å². The summed E-state index contributed by atoms with van der Waals surface area (Å²) < 4.78 is 25.0. The molecule has 0 atom stereocenters. The summed E-state index contributed by atoms with van der Waals surface area (Å²) in [4.78, 5) is 4.49. The van der Waals surface area contributed by atoms with Gasteiger partial charge in [0.15, 0.2) is 0 Å². The Kier molecular flexibility index (Phi) is 3.45. The minimum absolute atomic E-state index is 0.289. The van der Waals surface area contributed by atoms with E-state index in [1.165, 1.54) is 10.6 Å². The summed E-state index contributed by atoms with van der Waals surface area (Å²) in [7, 11) is 0. The van der Waals surface area contributed by atoms with Crippen molar-refractivity contribution < 1.29 is 4.11 Å². The Balaban J connectivity index is 2.17. The molecule has 0 amide bonds. The van der Waals surface area contributed by atoms with Gasteiger partial charge in [0.2, 0.25) is 0 Å². The number of rotatable bonds is 3. The van der Waals surface area contributed by atoms with Gasteiger partial charge in [-0.15, -0.1) is 0 Å². The van der Waals surface area contributed by atoms with Gasteiger partial charge >= 0.3 is 146 Å². The Hall–Kier alpha value is -1.87. The van der Waals surface area contributed by atoms with Crippen molar-refractivity contribution in [2.45, 2.75) is 24.1 Å². The number of benzene rings is 2. The van der Waals surface area contributed by atoms with Gasteiger partial charge in [-0.05, 0) is 0 Å². The average molecular weight is 365 g/mol. The van der Waals surface area contributed by atoms with Crippen LogP contribution in [0.25, 0.3) is 22.4 Å². The first-order valence-corrected chi connectivity index (χ1v) is 15.2. The molecule has 0 aliphatic carbocycles. The van der Waals surface area contributed by atoms with Gasteiger partial charge in [-0.3, -0.25) is 0 Å². The summed E-state index contributed by atoms with van der Waals surface area (Å²) in [6.07, 6.45) is 1.51. The van der Waals surface area contributed by atoms with Crippen LogP contribution >= 0.6 is 0 Å². The summed E-state index contributed by atoms with van der Waals surface area (Å²) in [6, 6.07) is 20.1. The molecule has 0 spiro atoms. The van der Waals surface area contributed by atoms with Crippen LogP contribution in [0.4, 0.5) is 0 Å². The van der Waals surface area contributed by atoms with Gasteiger partial charge in [0.25, 0.3) is 0 Å². The van der Waals surface area contributed by atoms with Crippen molar-refractivity contribution in [3.63, 3.8) is 0 Å². The fourth-order valence-electron chi connectivity index (χ4n) is 2.61. The van der Waals surface area contributed by atoms with Crippen molar-refractivity contribution >= 4 is 17.7 Å². The fourth-order valence-corrected chi connectivity index (χ4v) is 5.10. The monoisotopic (exact) mass is 366 g/mol. The molecule has 0 aliphatic heterocycles. The predicted octanol–water partition coefficient (Wildman–Crippen LogP) is 5.27. The van der Waals surface area contributed by atoms with Gasteiger partial charge in [0.05, 0.1) is 0 Å². The molecule has 0 bridgehead atoms. The van der Waals surface area contributed by atoms with E-state index in [1.807, 2.05) is 42.5 Å². The van der Waals surface area contributed by atoms with Gasteiger partial charge in [0, 0.05) is 0 Å². The molecule has 0 N–H and O–H groups in total. The molecule has 2 aromatic carbocycles. The Morgan fingerprint density at radius 1 is 0.870 bits per heavy atom. The quantitative estimate of drug-likeness (QED) is 0.577. The summed E-state index contributed by atoms with van der Waals surface area (Å²) >= 11 is -1.95. The summed E-state index contributed by atoms with van der Waals surface area (Å²) in [5, 5.41) is 0. The van der Waals surface area contributed by atoms with E-state index in [4.69, 9.17) is 4.11 Å². The number of hydrogen-bond donors (Lipinski definition) is 0. The number of hydrogen-bond acceptors (Lipinski definition) is 1. The van der Waals surface area contributed by atoms with Crippen LogP contribution in [0, 0.1) is 6.85 Å². The fraction of sp³-hybridized carbons (Fsp3) is 0.190. The first-order valence-electron chi connectivity index (χ1n) is 9.33. The van der Waals surface area contributed by atoms with Gasteiger partial charge in [0.1, 0.15) is 0 Å². The molecule has 23 heavy (non-hydrogen) atoms. The van der Waals surface area contributed by atoms with Crippen molar-refractivity contribution in [2.75, 3.05) is 0 Å². The number of aromatic nitrogens is 1. The zero-order valence-corrected chi connectivity index (χ0v) is 15.9. The number of pyridine rings is 1. The van der Waals surface area contributed by atoms with Gasteiger partial charge < -0.3 is 0 Å². The normalized spacial score (nSPS) is 14.0. The SMILES string of the molecule is [2H]C([2H])([2H])c1cnc(-c2ccc[c]([Ge]([CH3])([CH3])[CH3])c2)cc1-c1ccccc1. The van der Waals surface area contributed by atoms with Crippen molar-refractivity contribution in [1.29, 1.82) is 0 Å². The predicted molar refractivity (Wildman–Crippen MR) is 103 cm³/mol. The van der Waals surface area contributed by atoms with Crippen LogP contribution in [0.3, 0.4) is 0 Å².